The van der Waals surface area contributed by atoms with Gasteiger partial charge in [0.2, 0.25) is 5.91 Å². The number of benzene rings is 1. The van der Waals surface area contributed by atoms with Gasteiger partial charge in [-0.25, -0.2) is 4.79 Å². The summed E-state index contributed by atoms with van der Waals surface area (Å²) in [5, 5.41) is 14.7. The van der Waals surface area contributed by atoms with Crippen molar-refractivity contribution >= 4 is 23.5 Å². The summed E-state index contributed by atoms with van der Waals surface area (Å²) >= 11 is 0. The zero-order chi connectivity index (χ0) is 15.4. The van der Waals surface area contributed by atoms with E-state index in [-0.39, 0.29) is 12.8 Å². The van der Waals surface area contributed by atoms with Crippen LogP contribution >= 0.6 is 0 Å². The summed E-state index contributed by atoms with van der Waals surface area (Å²) in [5.41, 5.74) is 7.43. The molecule has 7 heteroatoms. The van der Waals surface area contributed by atoms with Gasteiger partial charge in [-0.3, -0.25) is 9.59 Å². The van der Waals surface area contributed by atoms with E-state index in [9.17, 15) is 14.4 Å². The van der Waals surface area contributed by atoms with Gasteiger partial charge in [-0.2, -0.15) is 0 Å². The first-order chi connectivity index (χ1) is 9.97. The Morgan fingerprint density at radius 2 is 2.14 bits per heavy atom. The number of hydrogen-bond donors (Lipinski definition) is 4. The Balaban J connectivity index is 2.04. The quantitative estimate of drug-likeness (QED) is 0.592. The highest BCUT2D eigenvalue weighted by molar-refractivity contribution is 5.97. The van der Waals surface area contributed by atoms with Crippen LogP contribution in [0, 0.1) is 0 Å². The lowest BCUT2D eigenvalue weighted by Gasteiger charge is -2.14. The number of primary amides is 1. The van der Waals surface area contributed by atoms with E-state index in [0.29, 0.717) is 5.56 Å². The molecule has 1 aliphatic heterocycles. The molecule has 1 aromatic rings. The summed E-state index contributed by atoms with van der Waals surface area (Å²) in [6.45, 7) is 0.830. The Labute approximate surface area is 121 Å². The highest BCUT2D eigenvalue weighted by Gasteiger charge is 2.22. The zero-order valence-electron chi connectivity index (χ0n) is 11.4. The van der Waals surface area contributed by atoms with Gasteiger partial charge in [0.05, 0.1) is 0 Å². The molecule has 0 saturated heterocycles. The van der Waals surface area contributed by atoms with Crippen molar-refractivity contribution in [2.75, 3.05) is 11.9 Å². The SMILES string of the molecule is NC(=O)CC[C@@H](NC(=O)c1ccc2c(c1)CCN2)C(=O)O. The highest BCUT2D eigenvalue weighted by Crippen LogP contribution is 2.23. The molecule has 7 nitrogen and oxygen atoms in total. The lowest BCUT2D eigenvalue weighted by Crippen LogP contribution is -2.41. The highest BCUT2D eigenvalue weighted by atomic mass is 16.4. The Hall–Kier alpha value is -2.57. The van der Waals surface area contributed by atoms with Crippen molar-refractivity contribution in [3.05, 3.63) is 29.3 Å². The van der Waals surface area contributed by atoms with Gasteiger partial charge in [0.15, 0.2) is 0 Å². The van der Waals surface area contributed by atoms with Crippen LogP contribution in [0.3, 0.4) is 0 Å². The molecule has 0 unspecified atom stereocenters. The molecule has 21 heavy (non-hydrogen) atoms. The molecule has 0 radical (unpaired) electrons. The van der Waals surface area contributed by atoms with Crippen LogP contribution in [0.5, 0.6) is 0 Å². The number of hydrogen-bond acceptors (Lipinski definition) is 4. The molecular formula is C14H17N3O4. The number of carbonyl (C=O) groups excluding carboxylic acids is 2. The topological polar surface area (TPSA) is 122 Å². The Bertz CT molecular complexity index is 586. The molecule has 0 fully saturated rings. The molecule has 0 aliphatic carbocycles. The average molecular weight is 291 g/mol. The van der Waals surface area contributed by atoms with E-state index in [1.165, 1.54) is 0 Å². The molecule has 1 heterocycles. The van der Waals surface area contributed by atoms with Gasteiger partial charge in [-0.1, -0.05) is 0 Å². The predicted molar refractivity (Wildman–Crippen MR) is 76.0 cm³/mol. The Morgan fingerprint density at radius 1 is 1.38 bits per heavy atom. The molecule has 2 rings (SSSR count). The molecular weight excluding hydrogens is 274 g/mol. The number of carboxylic acid groups (broad SMARTS) is 1. The summed E-state index contributed by atoms with van der Waals surface area (Å²) in [6.07, 6.45) is 0.717. The van der Waals surface area contributed by atoms with E-state index in [1.54, 1.807) is 18.2 Å². The Morgan fingerprint density at radius 3 is 2.81 bits per heavy atom. The zero-order valence-corrected chi connectivity index (χ0v) is 11.4. The standard InChI is InChI=1S/C14H17N3O4/c15-12(18)4-3-11(14(20)21)17-13(19)9-1-2-10-8(7-9)5-6-16-10/h1-2,7,11,16H,3-6H2,(H2,15,18)(H,17,19)(H,20,21)/t11-/m1/s1. The van der Waals surface area contributed by atoms with Crippen molar-refractivity contribution in [3.63, 3.8) is 0 Å². The fraction of sp³-hybridized carbons (Fsp3) is 0.357. The molecule has 0 saturated carbocycles. The minimum absolute atomic E-state index is 0.0249. The van der Waals surface area contributed by atoms with E-state index in [1.807, 2.05) is 0 Å². The maximum atomic E-state index is 12.1. The van der Waals surface area contributed by atoms with Crippen molar-refractivity contribution in [3.8, 4) is 0 Å². The predicted octanol–water partition coefficient (Wildman–Crippen LogP) is 0.103. The van der Waals surface area contributed by atoms with Gasteiger partial charge in [0.25, 0.3) is 5.91 Å². The van der Waals surface area contributed by atoms with Crippen molar-refractivity contribution in [2.45, 2.75) is 25.3 Å². The van der Waals surface area contributed by atoms with Crippen LogP contribution in [0.1, 0.15) is 28.8 Å². The van der Waals surface area contributed by atoms with E-state index in [2.05, 4.69) is 10.6 Å². The maximum absolute atomic E-state index is 12.1. The minimum Gasteiger partial charge on any atom is -0.480 e. The average Bonchev–Trinajstić information content (AvgIpc) is 2.89. The van der Waals surface area contributed by atoms with Crippen LogP contribution in [0.2, 0.25) is 0 Å². The first-order valence-electron chi connectivity index (χ1n) is 6.66. The van der Waals surface area contributed by atoms with Crippen LogP contribution in [-0.4, -0.2) is 35.5 Å². The maximum Gasteiger partial charge on any atom is 0.326 e. The fourth-order valence-corrected chi connectivity index (χ4v) is 2.23. The van der Waals surface area contributed by atoms with E-state index in [0.717, 1.165) is 24.2 Å². The molecule has 112 valence electrons. The largest absolute Gasteiger partial charge is 0.480 e. The normalized spacial score (nSPS) is 13.9. The summed E-state index contributed by atoms with van der Waals surface area (Å²) in [6, 6.07) is 4.06. The fourth-order valence-electron chi connectivity index (χ4n) is 2.23. The second-order valence-corrected chi connectivity index (χ2v) is 4.92. The van der Waals surface area contributed by atoms with Gasteiger partial charge < -0.3 is 21.5 Å². The summed E-state index contributed by atoms with van der Waals surface area (Å²) in [5.74, 6) is -2.26. The summed E-state index contributed by atoms with van der Waals surface area (Å²) < 4.78 is 0. The molecule has 5 N–H and O–H groups in total. The van der Waals surface area contributed by atoms with Gasteiger partial charge in [0, 0.05) is 24.2 Å². The smallest absolute Gasteiger partial charge is 0.326 e. The van der Waals surface area contributed by atoms with Crippen LogP contribution in [0.15, 0.2) is 18.2 Å². The number of aliphatic carboxylic acids is 1. The van der Waals surface area contributed by atoms with Gasteiger partial charge in [-0.05, 0) is 36.6 Å². The number of anilines is 1. The number of carboxylic acids is 1. The molecule has 1 atom stereocenters. The van der Waals surface area contributed by atoms with E-state index < -0.39 is 23.8 Å². The number of carbonyl (C=O) groups is 3. The lowest BCUT2D eigenvalue weighted by molar-refractivity contribution is -0.139. The molecule has 1 aliphatic rings. The van der Waals surface area contributed by atoms with Crippen molar-refractivity contribution in [1.29, 1.82) is 0 Å². The first kappa shape index (κ1) is 14.8. The summed E-state index contributed by atoms with van der Waals surface area (Å²) in [7, 11) is 0. The molecule has 1 aromatic carbocycles. The van der Waals surface area contributed by atoms with Gasteiger partial charge in [-0.15, -0.1) is 0 Å². The van der Waals surface area contributed by atoms with Crippen LogP contribution < -0.4 is 16.4 Å². The third kappa shape index (κ3) is 3.71. The first-order valence-corrected chi connectivity index (χ1v) is 6.66. The number of rotatable bonds is 6. The third-order valence-electron chi connectivity index (χ3n) is 3.36. The van der Waals surface area contributed by atoms with Crippen molar-refractivity contribution in [2.24, 2.45) is 5.73 Å². The third-order valence-corrected chi connectivity index (χ3v) is 3.36. The number of amides is 2. The molecule has 2 amide bonds. The molecule has 0 spiro atoms. The lowest BCUT2D eigenvalue weighted by atomic mass is 10.1. The number of nitrogens with one attached hydrogen (secondary N) is 2. The second-order valence-electron chi connectivity index (χ2n) is 4.92. The number of nitrogens with two attached hydrogens (primary N) is 1. The van der Waals surface area contributed by atoms with Crippen LogP contribution in [-0.2, 0) is 16.0 Å². The van der Waals surface area contributed by atoms with Gasteiger partial charge >= 0.3 is 5.97 Å². The summed E-state index contributed by atoms with van der Waals surface area (Å²) in [4.78, 5) is 33.9. The van der Waals surface area contributed by atoms with Crippen molar-refractivity contribution in [1.82, 2.24) is 5.32 Å². The monoisotopic (exact) mass is 291 g/mol. The minimum atomic E-state index is -1.19. The number of fused-ring (bicyclic) bond motifs is 1. The van der Waals surface area contributed by atoms with Crippen molar-refractivity contribution < 1.29 is 19.5 Å². The molecule has 0 bridgehead atoms. The second kappa shape index (κ2) is 6.25. The van der Waals surface area contributed by atoms with Crippen LogP contribution in [0.25, 0.3) is 0 Å². The Kier molecular flexibility index (Phi) is 4.42. The van der Waals surface area contributed by atoms with Crippen LogP contribution in [0.4, 0.5) is 5.69 Å². The van der Waals surface area contributed by atoms with E-state index in [4.69, 9.17) is 10.8 Å². The van der Waals surface area contributed by atoms with E-state index >= 15 is 0 Å². The van der Waals surface area contributed by atoms with Gasteiger partial charge in [0.1, 0.15) is 6.04 Å². The molecule has 0 aromatic heterocycles.